The number of piperidine rings is 1. The lowest BCUT2D eigenvalue weighted by Gasteiger charge is -2.38. The third kappa shape index (κ3) is 4.74. The molecule has 2 atom stereocenters. The summed E-state index contributed by atoms with van der Waals surface area (Å²) in [7, 11) is 3.32. The molecule has 0 spiro atoms. The highest BCUT2D eigenvalue weighted by molar-refractivity contribution is 5.96. The molecule has 2 N–H and O–H groups in total. The highest BCUT2D eigenvalue weighted by Gasteiger charge is 2.38. The summed E-state index contributed by atoms with van der Waals surface area (Å²) in [5.41, 5.74) is 2.08. The Morgan fingerprint density at radius 1 is 1.07 bits per heavy atom. The number of nitrogens with one attached hydrogen (secondary N) is 2. The average molecular weight is 395 g/mol. The molecule has 7 nitrogen and oxygen atoms in total. The number of rotatable bonds is 5. The minimum atomic E-state index is -0.393. The van der Waals surface area contributed by atoms with Gasteiger partial charge in [-0.15, -0.1) is 0 Å². The van der Waals surface area contributed by atoms with Gasteiger partial charge in [-0.1, -0.05) is 18.2 Å². The predicted octanol–water partition coefficient (Wildman–Crippen LogP) is 3.20. The number of hydrogen-bond acceptors (Lipinski definition) is 4. The highest BCUT2D eigenvalue weighted by Crippen LogP contribution is 2.37. The SMILES string of the molecule is COc1ccc([C@H]2[C@H](C(=O)Nc3cccc(NC(C)=O)c3)CCC(=O)N2C)cc1. The maximum absolute atomic E-state index is 13.1. The number of anilines is 2. The summed E-state index contributed by atoms with van der Waals surface area (Å²) in [4.78, 5) is 38.3. The van der Waals surface area contributed by atoms with Crippen LogP contribution in [0.25, 0.3) is 0 Å². The monoisotopic (exact) mass is 395 g/mol. The Balaban J connectivity index is 1.83. The predicted molar refractivity (Wildman–Crippen MR) is 111 cm³/mol. The standard InChI is InChI=1S/C22H25N3O4/c1-14(26)23-16-5-4-6-17(13-16)24-22(28)19-11-12-20(27)25(2)21(19)15-7-9-18(29-3)10-8-15/h4-10,13,19,21H,11-12H2,1-3H3,(H,23,26)(H,24,28)/t19-,21+/m1/s1. The lowest BCUT2D eigenvalue weighted by molar-refractivity contribution is -0.140. The molecule has 1 fully saturated rings. The number of ether oxygens (including phenoxy) is 1. The number of likely N-dealkylation sites (tertiary alicyclic amines) is 1. The van der Waals surface area contributed by atoms with Crippen molar-refractivity contribution in [1.29, 1.82) is 0 Å². The molecular formula is C22H25N3O4. The van der Waals surface area contributed by atoms with Gasteiger partial charge < -0.3 is 20.3 Å². The number of carbonyl (C=O) groups is 3. The molecule has 0 radical (unpaired) electrons. The Labute approximate surface area is 170 Å². The van der Waals surface area contributed by atoms with Crippen molar-refractivity contribution in [2.24, 2.45) is 5.92 Å². The third-order valence-corrected chi connectivity index (χ3v) is 5.11. The minimum absolute atomic E-state index is 0.0162. The van der Waals surface area contributed by atoms with Crippen LogP contribution in [-0.2, 0) is 14.4 Å². The lowest BCUT2D eigenvalue weighted by atomic mass is 9.84. The lowest BCUT2D eigenvalue weighted by Crippen LogP contribution is -2.44. The Kier molecular flexibility index (Phi) is 6.16. The molecule has 0 saturated carbocycles. The molecule has 0 bridgehead atoms. The normalized spacial score (nSPS) is 18.9. The molecule has 7 heteroatoms. The van der Waals surface area contributed by atoms with Crippen LogP contribution >= 0.6 is 0 Å². The van der Waals surface area contributed by atoms with E-state index in [1.54, 1.807) is 43.3 Å². The van der Waals surface area contributed by atoms with Crippen LogP contribution in [0.4, 0.5) is 11.4 Å². The molecule has 1 aliphatic heterocycles. The quantitative estimate of drug-likeness (QED) is 0.814. The number of nitrogens with zero attached hydrogens (tertiary/aromatic N) is 1. The number of methoxy groups -OCH3 is 1. The van der Waals surface area contributed by atoms with Gasteiger partial charge in [-0.05, 0) is 42.3 Å². The first-order valence-corrected chi connectivity index (χ1v) is 9.47. The van der Waals surface area contributed by atoms with Gasteiger partial charge in [0.15, 0.2) is 0 Å². The van der Waals surface area contributed by atoms with E-state index in [1.807, 2.05) is 24.3 Å². The fourth-order valence-electron chi connectivity index (χ4n) is 3.68. The van der Waals surface area contributed by atoms with Crippen LogP contribution in [0.15, 0.2) is 48.5 Å². The van der Waals surface area contributed by atoms with Crippen molar-refractivity contribution in [3.8, 4) is 5.75 Å². The molecule has 1 aliphatic rings. The smallest absolute Gasteiger partial charge is 0.229 e. The van der Waals surface area contributed by atoms with Gasteiger partial charge >= 0.3 is 0 Å². The molecule has 3 amide bonds. The second kappa shape index (κ2) is 8.77. The van der Waals surface area contributed by atoms with Crippen LogP contribution in [0.5, 0.6) is 5.75 Å². The number of hydrogen-bond donors (Lipinski definition) is 2. The largest absolute Gasteiger partial charge is 0.497 e. The molecular weight excluding hydrogens is 370 g/mol. The molecule has 2 aromatic carbocycles. The third-order valence-electron chi connectivity index (χ3n) is 5.11. The van der Waals surface area contributed by atoms with Crippen LogP contribution in [0, 0.1) is 5.92 Å². The van der Waals surface area contributed by atoms with E-state index in [-0.39, 0.29) is 23.8 Å². The van der Waals surface area contributed by atoms with Gasteiger partial charge in [-0.3, -0.25) is 14.4 Å². The number of amides is 3. The van der Waals surface area contributed by atoms with Gasteiger partial charge in [-0.2, -0.15) is 0 Å². The van der Waals surface area contributed by atoms with Crippen molar-refractivity contribution < 1.29 is 19.1 Å². The van der Waals surface area contributed by atoms with E-state index >= 15 is 0 Å². The van der Waals surface area contributed by atoms with Gasteiger partial charge in [0.2, 0.25) is 17.7 Å². The summed E-state index contributed by atoms with van der Waals surface area (Å²) in [6.45, 7) is 1.43. The van der Waals surface area contributed by atoms with E-state index in [0.29, 0.717) is 30.0 Å². The fourth-order valence-corrected chi connectivity index (χ4v) is 3.68. The molecule has 1 heterocycles. The van der Waals surface area contributed by atoms with Gasteiger partial charge in [0, 0.05) is 31.8 Å². The zero-order chi connectivity index (χ0) is 21.0. The van der Waals surface area contributed by atoms with E-state index in [4.69, 9.17) is 4.74 Å². The summed E-state index contributed by atoms with van der Waals surface area (Å²) < 4.78 is 5.21. The van der Waals surface area contributed by atoms with E-state index in [1.165, 1.54) is 6.92 Å². The summed E-state index contributed by atoms with van der Waals surface area (Å²) in [5, 5.41) is 5.63. The van der Waals surface area contributed by atoms with E-state index in [0.717, 1.165) is 5.56 Å². The molecule has 152 valence electrons. The maximum atomic E-state index is 13.1. The van der Waals surface area contributed by atoms with Gasteiger partial charge in [0.25, 0.3) is 0 Å². The fraction of sp³-hybridized carbons (Fsp3) is 0.318. The van der Waals surface area contributed by atoms with E-state index in [9.17, 15) is 14.4 Å². The van der Waals surface area contributed by atoms with E-state index in [2.05, 4.69) is 10.6 Å². The Morgan fingerprint density at radius 3 is 2.34 bits per heavy atom. The molecule has 2 aromatic rings. The van der Waals surface area contributed by atoms with Gasteiger partial charge in [-0.25, -0.2) is 0 Å². The number of carbonyl (C=O) groups excluding carboxylic acids is 3. The van der Waals surface area contributed by atoms with Crippen molar-refractivity contribution in [3.63, 3.8) is 0 Å². The van der Waals surface area contributed by atoms with Crippen molar-refractivity contribution in [2.75, 3.05) is 24.8 Å². The Bertz CT molecular complexity index is 911. The van der Waals surface area contributed by atoms with Gasteiger partial charge in [0.05, 0.1) is 19.1 Å². The van der Waals surface area contributed by atoms with Crippen molar-refractivity contribution in [2.45, 2.75) is 25.8 Å². The molecule has 3 rings (SSSR count). The van der Waals surface area contributed by atoms with Crippen molar-refractivity contribution in [1.82, 2.24) is 4.90 Å². The van der Waals surface area contributed by atoms with Crippen LogP contribution in [-0.4, -0.2) is 36.8 Å². The maximum Gasteiger partial charge on any atom is 0.229 e. The number of benzene rings is 2. The zero-order valence-electron chi connectivity index (χ0n) is 16.8. The summed E-state index contributed by atoms with van der Waals surface area (Å²) in [6, 6.07) is 14.1. The second-order valence-electron chi connectivity index (χ2n) is 7.12. The minimum Gasteiger partial charge on any atom is -0.497 e. The van der Waals surface area contributed by atoms with Crippen molar-refractivity contribution >= 4 is 29.1 Å². The molecule has 0 unspecified atom stereocenters. The van der Waals surface area contributed by atoms with Crippen LogP contribution < -0.4 is 15.4 Å². The molecule has 29 heavy (non-hydrogen) atoms. The topological polar surface area (TPSA) is 87.7 Å². The summed E-state index contributed by atoms with van der Waals surface area (Å²) in [6.07, 6.45) is 0.796. The Hall–Kier alpha value is -3.35. The van der Waals surface area contributed by atoms with Crippen molar-refractivity contribution in [3.05, 3.63) is 54.1 Å². The highest BCUT2D eigenvalue weighted by atomic mass is 16.5. The molecule has 0 aromatic heterocycles. The van der Waals surface area contributed by atoms with Crippen LogP contribution in [0.3, 0.4) is 0 Å². The average Bonchev–Trinajstić information content (AvgIpc) is 2.69. The first kappa shape index (κ1) is 20.4. The second-order valence-corrected chi connectivity index (χ2v) is 7.12. The summed E-state index contributed by atoms with van der Waals surface area (Å²) in [5.74, 6) is -0.00188. The van der Waals surface area contributed by atoms with Gasteiger partial charge in [0.1, 0.15) is 5.75 Å². The van der Waals surface area contributed by atoms with E-state index < -0.39 is 5.92 Å². The summed E-state index contributed by atoms with van der Waals surface area (Å²) >= 11 is 0. The first-order chi connectivity index (χ1) is 13.9. The molecule has 0 aliphatic carbocycles. The zero-order valence-corrected chi connectivity index (χ0v) is 16.8. The first-order valence-electron chi connectivity index (χ1n) is 9.47. The molecule has 1 saturated heterocycles. The Morgan fingerprint density at radius 2 is 1.72 bits per heavy atom. The van der Waals surface area contributed by atoms with Crippen LogP contribution in [0.2, 0.25) is 0 Å². The van der Waals surface area contributed by atoms with Crippen LogP contribution in [0.1, 0.15) is 31.4 Å².